The lowest BCUT2D eigenvalue weighted by molar-refractivity contribution is -0.150. The Morgan fingerprint density at radius 1 is 1.02 bits per heavy atom. The second-order valence-corrected chi connectivity index (χ2v) is 19.5. The number of aliphatic hydroxyl groups excluding tert-OH is 1. The van der Waals surface area contributed by atoms with E-state index in [0.29, 0.717) is 23.5 Å². The lowest BCUT2D eigenvalue weighted by Crippen LogP contribution is -2.45. The summed E-state index contributed by atoms with van der Waals surface area (Å²) in [6.45, 7) is 5.47. The highest BCUT2D eigenvalue weighted by Crippen LogP contribution is 2.60. The third-order valence-corrected chi connectivity index (χ3v) is 13.8. The summed E-state index contributed by atoms with van der Waals surface area (Å²) in [5.41, 5.74) is 3.27. The van der Waals surface area contributed by atoms with Crippen molar-refractivity contribution in [1.29, 1.82) is 0 Å². The largest absolute Gasteiger partial charge is 0.395 e. The molecule has 2 aliphatic heterocycles. The van der Waals surface area contributed by atoms with Crippen LogP contribution in [0.2, 0.25) is 18.6 Å². The number of H-pyrrole nitrogens is 1. The van der Waals surface area contributed by atoms with Crippen molar-refractivity contribution in [2.24, 2.45) is 5.92 Å². The minimum atomic E-state index is -3.53. The number of para-hydroxylation sites is 1. The van der Waals surface area contributed by atoms with Crippen LogP contribution < -0.4 is 10.2 Å². The van der Waals surface area contributed by atoms with Crippen LogP contribution in [0.1, 0.15) is 35.6 Å². The van der Waals surface area contributed by atoms with Crippen molar-refractivity contribution < 1.29 is 28.3 Å². The minimum absolute atomic E-state index is 0.118. The number of benzene rings is 4. The maximum absolute atomic E-state index is 16.5. The molecule has 3 N–H and O–H groups in total. The van der Waals surface area contributed by atoms with Crippen LogP contribution in [-0.2, 0) is 44.2 Å². The van der Waals surface area contributed by atoms with Crippen molar-refractivity contribution in [1.82, 2.24) is 9.88 Å². The second-order valence-electron chi connectivity index (χ2n) is 14.8. The SMILES string of the molecule is C[C@@H]1[C@@H]([Si](C)(C)F)[C@H](CC(=O)N(CCO)Cc2ccccc2)O[C@@]12C(=O)N(Cc1cccc(NC(=O)Cc3c[nH]c4ccccc34)c1)c1ccc(Br)cc12. The van der Waals surface area contributed by atoms with E-state index in [1.807, 2.05) is 110 Å². The number of ether oxygens (including phenoxy) is 1. The number of anilines is 2. The molecule has 0 aliphatic carbocycles. The predicted octanol–water partition coefficient (Wildman–Crippen LogP) is 7.84. The standard InChI is InChI=1S/C42H44BrFN4O5Si/c1-27-40(54(2,3)44)37(23-39(51)47(18-19-49)25-28-10-5-4-6-11-28)53-42(27)34-22-31(43)16-17-36(34)48(41(42)52)26-29-12-9-13-32(20-29)46-38(50)21-30-24-45-35-15-8-7-14-33(30)35/h4-17,20,22,24,27,37,40,45,49H,18-19,21,23,25-26H2,1-3H3,(H,46,50)/t27-,37+,40-,42+/m1/s1. The number of hydrogen-bond acceptors (Lipinski definition) is 5. The number of nitrogens with one attached hydrogen (secondary N) is 2. The molecule has 4 aromatic carbocycles. The van der Waals surface area contributed by atoms with Gasteiger partial charge in [-0.1, -0.05) is 83.5 Å². The average molecular weight is 812 g/mol. The highest BCUT2D eigenvalue weighted by atomic mass is 79.9. The molecule has 280 valence electrons. The van der Waals surface area contributed by atoms with Crippen LogP contribution in [0.5, 0.6) is 0 Å². The molecular weight excluding hydrogens is 767 g/mol. The minimum Gasteiger partial charge on any atom is -0.395 e. The van der Waals surface area contributed by atoms with Gasteiger partial charge in [0.2, 0.25) is 20.2 Å². The van der Waals surface area contributed by atoms with E-state index in [2.05, 4.69) is 26.2 Å². The van der Waals surface area contributed by atoms with Gasteiger partial charge in [0.25, 0.3) is 5.91 Å². The van der Waals surface area contributed by atoms with Gasteiger partial charge in [0.1, 0.15) is 0 Å². The van der Waals surface area contributed by atoms with Crippen LogP contribution in [0.4, 0.5) is 15.5 Å². The Morgan fingerprint density at radius 2 is 1.76 bits per heavy atom. The van der Waals surface area contributed by atoms with Gasteiger partial charge in [-0.25, -0.2) is 0 Å². The number of aromatic amines is 1. The highest BCUT2D eigenvalue weighted by molar-refractivity contribution is 9.10. The monoisotopic (exact) mass is 810 g/mol. The van der Waals surface area contributed by atoms with Crippen molar-refractivity contribution in [3.05, 3.63) is 130 Å². The molecule has 1 spiro atoms. The molecule has 0 bridgehead atoms. The van der Waals surface area contributed by atoms with Crippen molar-refractivity contribution in [2.45, 2.75) is 63.2 Å². The van der Waals surface area contributed by atoms with E-state index < -0.39 is 31.6 Å². The van der Waals surface area contributed by atoms with Crippen LogP contribution >= 0.6 is 15.9 Å². The van der Waals surface area contributed by atoms with E-state index in [1.54, 1.807) is 22.9 Å². The van der Waals surface area contributed by atoms with Crippen LogP contribution in [0.25, 0.3) is 10.9 Å². The molecule has 0 radical (unpaired) electrons. The number of aliphatic hydroxyl groups is 1. The number of nitrogens with zero attached hydrogens (tertiary/aromatic N) is 2. The fourth-order valence-corrected chi connectivity index (χ4v) is 11.3. The maximum Gasteiger partial charge on any atom is 0.264 e. The normalized spacial score (nSPS) is 20.8. The molecule has 5 aromatic rings. The Balaban J connectivity index is 1.14. The number of aromatic nitrogens is 1. The van der Waals surface area contributed by atoms with Crippen LogP contribution in [0, 0.1) is 5.92 Å². The third-order valence-electron chi connectivity index (χ3n) is 10.8. The van der Waals surface area contributed by atoms with Gasteiger partial charge >= 0.3 is 0 Å². The summed E-state index contributed by atoms with van der Waals surface area (Å²) in [6, 6.07) is 30.3. The number of rotatable bonds is 12. The molecule has 1 saturated heterocycles. The number of hydrogen-bond donors (Lipinski definition) is 3. The first kappa shape index (κ1) is 37.7. The van der Waals surface area contributed by atoms with Gasteiger partial charge in [-0.2, -0.15) is 0 Å². The molecule has 54 heavy (non-hydrogen) atoms. The molecule has 7 rings (SSSR count). The Labute approximate surface area is 323 Å². The summed E-state index contributed by atoms with van der Waals surface area (Å²) in [5.74, 6) is -1.33. The average Bonchev–Trinajstić information content (AvgIpc) is 3.75. The molecule has 0 saturated carbocycles. The molecule has 9 nitrogen and oxygen atoms in total. The summed E-state index contributed by atoms with van der Waals surface area (Å²) in [6.07, 6.45) is 1.07. The third kappa shape index (κ3) is 7.27. The van der Waals surface area contributed by atoms with E-state index in [-0.39, 0.29) is 50.3 Å². The zero-order valence-corrected chi connectivity index (χ0v) is 33.1. The van der Waals surface area contributed by atoms with Crippen molar-refractivity contribution in [2.75, 3.05) is 23.4 Å². The molecule has 3 amide bonds. The van der Waals surface area contributed by atoms with E-state index in [9.17, 15) is 19.5 Å². The number of carbonyl (C=O) groups is 3. The van der Waals surface area contributed by atoms with Crippen molar-refractivity contribution in [3.63, 3.8) is 0 Å². The van der Waals surface area contributed by atoms with E-state index >= 15 is 4.11 Å². The van der Waals surface area contributed by atoms with Gasteiger partial charge in [-0.15, -0.1) is 0 Å². The number of amides is 3. The first-order valence-corrected chi connectivity index (χ1v) is 22.0. The number of fused-ring (bicyclic) bond motifs is 3. The van der Waals surface area contributed by atoms with Crippen molar-refractivity contribution >= 4 is 64.3 Å². The number of carbonyl (C=O) groups excluding carboxylic acids is 3. The topological polar surface area (TPSA) is 115 Å². The first-order valence-electron chi connectivity index (χ1n) is 18.2. The van der Waals surface area contributed by atoms with Gasteiger partial charge in [-0.05, 0) is 66.2 Å². The summed E-state index contributed by atoms with van der Waals surface area (Å²) < 4.78 is 24.1. The zero-order chi connectivity index (χ0) is 38.2. The molecule has 4 atom stereocenters. The molecule has 3 heterocycles. The first-order chi connectivity index (χ1) is 25.9. The van der Waals surface area contributed by atoms with Gasteiger partial charge in [0, 0.05) is 57.4 Å². The fourth-order valence-electron chi connectivity index (χ4n) is 8.48. The Bertz CT molecular complexity index is 2190. The van der Waals surface area contributed by atoms with E-state index in [0.717, 1.165) is 32.1 Å². The molecule has 1 fully saturated rings. The van der Waals surface area contributed by atoms with E-state index in [4.69, 9.17) is 4.74 Å². The lowest BCUT2D eigenvalue weighted by Gasteiger charge is -2.31. The second kappa shape index (κ2) is 15.3. The van der Waals surface area contributed by atoms with Gasteiger partial charge in [0.05, 0.1) is 37.8 Å². The molecule has 12 heteroatoms. The molecule has 2 aliphatic rings. The lowest BCUT2D eigenvalue weighted by atomic mass is 9.82. The summed E-state index contributed by atoms with van der Waals surface area (Å²) in [7, 11) is -3.53. The molecular formula is C42H44BrFN4O5Si. The summed E-state index contributed by atoms with van der Waals surface area (Å²) in [4.78, 5) is 48.4. The van der Waals surface area contributed by atoms with Crippen molar-refractivity contribution in [3.8, 4) is 0 Å². The summed E-state index contributed by atoms with van der Waals surface area (Å²) >= 11 is 3.59. The van der Waals surface area contributed by atoms with E-state index in [1.165, 1.54) is 0 Å². The van der Waals surface area contributed by atoms with Gasteiger partial charge in [0.15, 0.2) is 5.60 Å². The zero-order valence-electron chi connectivity index (χ0n) is 30.5. The number of halogens is 2. The van der Waals surface area contributed by atoms with Gasteiger partial charge in [-0.3, -0.25) is 14.4 Å². The highest BCUT2D eigenvalue weighted by Gasteiger charge is 2.67. The Morgan fingerprint density at radius 3 is 2.52 bits per heavy atom. The molecule has 0 unspecified atom stereocenters. The fraction of sp³-hybridized carbons (Fsp3) is 0.310. The van der Waals surface area contributed by atoms with Gasteiger partial charge < -0.3 is 34.1 Å². The Hall–Kier alpha value is -4.62. The quantitative estimate of drug-likeness (QED) is 0.0878. The smallest absolute Gasteiger partial charge is 0.264 e. The summed E-state index contributed by atoms with van der Waals surface area (Å²) in [5, 5.41) is 13.8. The van der Waals surface area contributed by atoms with Crippen LogP contribution in [-0.4, -0.2) is 60.4 Å². The predicted molar refractivity (Wildman–Crippen MR) is 214 cm³/mol. The molecule has 1 aromatic heterocycles. The van der Waals surface area contributed by atoms with Crippen LogP contribution in [0.15, 0.2) is 108 Å². The maximum atomic E-state index is 16.5. The van der Waals surface area contributed by atoms with Crippen LogP contribution in [0.3, 0.4) is 0 Å². The Kier molecular flexibility index (Phi) is 10.6.